The standard InChI is InChI=1S/C13H13S/c1-10(2)11-3-5-12(6-4-11)13-7-8-14-9-13/h3-10H,1H2,2H3/t10-/m1/s1. The van der Waals surface area contributed by atoms with Crippen molar-refractivity contribution in [2.75, 3.05) is 0 Å². The van der Waals surface area contributed by atoms with Gasteiger partial charge < -0.3 is 0 Å². The number of hydrogen-bond donors (Lipinski definition) is 0. The lowest BCUT2D eigenvalue weighted by Crippen LogP contribution is -1.86. The van der Waals surface area contributed by atoms with Crippen LogP contribution in [0.2, 0.25) is 0 Å². The fraction of sp³-hybridized carbons (Fsp3) is 0.154. The summed E-state index contributed by atoms with van der Waals surface area (Å²) in [5.41, 5.74) is 3.89. The third-order valence-electron chi connectivity index (χ3n) is 2.33. The minimum absolute atomic E-state index is 0.367. The topological polar surface area (TPSA) is 0 Å². The molecular weight excluding hydrogens is 188 g/mol. The minimum atomic E-state index is 0.367. The van der Waals surface area contributed by atoms with Gasteiger partial charge in [-0.2, -0.15) is 11.3 Å². The van der Waals surface area contributed by atoms with Crippen LogP contribution in [0.4, 0.5) is 0 Å². The smallest absolute Gasteiger partial charge is 0.00147 e. The highest BCUT2D eigenvalue weighted by molar-refractivity contribution is 7.08. The summed E-state index contributed by atoms with van der Waals surface area (Å²) in [6.45, 7) is 6.11. The molecule has 2 rings (SSSR count). The van der Waals surface area contributed by atoms with Crippen molar-refractivity contribution < 1.29 is 0 Å². The zero-order valence-electron chi connectivity index (χ0n) is 8.23. The summed E-state index contributed by atoms with van der Waals surface area (Å²) in [6, 6.07) is 10.8. The molecule has 14 heavy (non-hydrogen) atoms. The van der Waals surface area contributed by atoms with Crippen molar-refractivity contribution in [3.8, 4) is 11.1 Å². The first kappa shape index (κ1) is 9.47. The monoisotopic (exact) mass is 201 g/mol. The molecule has 0 nitrogen and oxygen atoms in total. The van der Waals surface area contributed by atoms with Crippen LogP contribution in [-0.4, -0.2) is 0 Å². The van der Waals surface area contributed by atoms with Gasteiger partial charge in [0.05, 0.1) is 0 Å². The van der Waals surface area contributed by atoms with Crippen LogP contribution in [0.25, 0.3) is 11.1 Å². The number of hydrogen-bond acceptors (Lipinski definition) is 1. The minimum Gasteiger partial charge on any atom is -0.152 e. The Morgan fingerprint density at radius 1 is 1.07 bits per heavy atom. The molecule has 0 saturated carbocycles. The van der Waals surface area contributed by atoms with Crippen molar-refractivity contribution in [1.82, 2.24) is 0 Å². The summed E-state index contributed by atoms with van der Waals surface area (Å²) in [6.07, 6.45) is 0. The third kappa shape index (κ3) is 1.88. The summed E-state index contributed by atoms with van der Waals surface area (Å²) >= 11 is 1.73. The molecule has 0 N–H and O–H groups in total. The first-order valence-corrected chi connectivity index (χ1v) is 5.67. The molecule has 0 amide bonds. The van der Waals surface area contributed by atoms with E-state index in [0.717, 1.165) is 0 Å². The number of rotatable bonds is 2. The van der Waals surface area contributed by atoms with Crippen LogP contribution in [0.3, 0.4) is 0 Å². The maximum Gasteiger partial charge on any atom is -0.00147 e. The molecule has 2 aromatic rings. The molecular formula is C13H13S. The van der Waals surface area contributed by atoms with E-state index in [1.165, 1.54) is 16.7 Å². The molecule has 1 aromatic heterocycles. The van der Waals surface area contributed by atoms with Gasteiger partial charge in [-0.15, -0.1) is 0 Å². The predicted octanol–water partition coefficient (Wildman–Crippen LogP) is 4.35. The van der Waals surface area contributed by atoms with Gasteiger partial charge in [0.15, 0.2) is 0 Å². The van der Waals surface area contributed by atoms with Crippen molar-refractivity contribution in [3.63, 3.8) is 0 Å². The van der Waals surface area contributed by atoms with Gasteiger partial charge >= 0.3 is 0 Å². The van der Waals surface area contributed by atoms with Crippen molar-refractivity contribution >= 4 is 11.3 Å². The molecule has 0 aliphatic heterocycles. The van der Waals surface area contributed by atoms with Crippen LogP contribution in [-0.2, 0) is 0 Å². The van der Waals surface area contributed by atoms with Gasteiger partial charge in [-0.3, -0.25) is 0 Å². The average molecular weight is 201 g/mol. The fourth-order valence-corrected chi connectivity index (χ4v) is 2.10. The zero-order chi connectivity index (χ0) is 9.97. The Morgan fingerprint density at radius 3 is 2.29 bits per heavy atom. The van der Waals surface area contributed by atoms with Gasteiger partial charge in [0, 0.05) is 0 Å². The SMILES string of the molecule is [CH2][C@H](C)c1ccc(-c2ccsc2)cc1. The largest absolute Gasteiger partial charge is 0.152 e. The highest BCUT2D eigenvalue weighted by Crippen LogP contribution is 2.24. The van der Waals surface area contributed by atoms with E-state index in [1.54, 1.807) is 11.3 Å². The van der Waals surface area contributed by atoms with E-state index in [9.17, 15) is 0 Å². The molecule has 1 radical (unpaired) electrons. The fourth-order valence-electron chi connectivity index (χ4n) is 1.43. The second-order valence-electron chi connectivity index (χ2n) is 3.54. The van der Waals surface area contributed by atoms with Crippen LogP contribution in [0.1, 0.15) is 18.4 Å². The lowest BCUT2D eigenvalue weighted by atomic mass is 10.0. The average Bonchev–Trinajstić information content (AvgIpc) is 2.71. The van der Waals surface area contributed by atoms with Crippen molar-refractivity contribution in [3.05, 3.63) is 53.6 Å². The van der Waals surface area contributed by atoms with E-state index in [0.29, 0.717) is 5.92 Å². The Bertz CT molecular complexity index is 382. The maximum atomic E-state index is 4.00. The van der Waals surface area contributed by atoms with Gasteiger partial charge in [0.1, 0.15) is 0 Å². The van der Waals surface area contributed by atoms with Gasteiger partial charge in [-0.1, -0.05) is 31.2 Å². The molecule has 0 bridgehead atoms. The van der Waals surface area contributed by atoms with Gasteiger partial charge in [0.25, 0.3) is 0 Å². The molecule has 1 heteroatoms. The third-order valence-corrected chi connectivity index (χ3v) is 3.02. The first-order valence-electron chi connectivity index (χ1n) is 4.73. The molecule has 0 fully saturated rings. The molecule has 1 heterocycles. The maximum absolute atomic E-state index is 4.00. The number of thiophene rings is 1. The van der Waals surface area contributed by atoms with Crippen molar-refractivity contribution in [1.29, 1.82) is 0 Å². The Balaban J connectivity index is 2.31. The van der Waals surface area contributed by atoms with E-state index in [2.05, 4.69) is 54.9 Å². The molecule has 71 valence electrons. The van der Waals surface area contributed by atoms with Crippen LogP contribution in [0.5, 0.6) is 0 Å². The van der Waals surface area contributed by atoms with E-state index in [-0.39, 0.29) is 0 Å². The van der Waals surface area contributed by atoms with E-state index < -0.39 is 0 Å². The highest BCUT2D eigenvalue weighted by Gasteiger charge is 2.00. The highest BCUT2D eigenvalue weighted by atomic mass is 32.1. The Kier molecular flexibility index (Phi) is 2.69. The summed E-state index contributed by atoms with van der Waals surface area (Å²) in [4.78, 5) is 0. The zero-order valence-corrected chi connectivity index (χ0v) is 9.05. The molecule has 0 spiro atoms. The second kappa shape index (κ2) is 3.97. The number of benzene rings is 1. The van der Waals surface area contributed by atoms with E-state index >= 15 is 0 Å². The Morgan fingerprint density at radius 2 is 1.79 bits per heavy atom. The molecule has 1 aromatic carbocycles. The van der Waals surface area contributed by atoms with E-state index in [1.807, 2.05) is 0 Å². The quantitative estimate of drug-likeness (QED) is 0.677. The lowest BCUT2D eigenvalue weighted by molar-refractivity contribution is 0.965. The van der Waals surface area contributed by atoms with Gasteiger partial charge in [-0.25, -0.2) is 0 Å². The van der Waals surface area contributed by atoms with Crippen LogP contribution in [0, 0.1) is 6.92 Å². The molecule has 0 aliphatic carbocycles. The predicted molar refractivity (Wildman–Crippen MR) is 63.5 cm³/mol. The summed E-state index contributed by atoms with van der Waals surface area (Å²) < 4.78 is 0. The van der Waals surface area contributed by atoms with Crippen molar-refractivity contribution in [2.24, 2.45) is 0 Å². The summed E-state index contributed by atoms with van der Waals surface area (Å²) in [5, 5.41) is 4.27. The molecule has 0 saturated heterocycles. The Labute approximate surface area is 89.2 Å². The summed E-state index contributed by atoms with van der Waals surface area (Å²) in [5.74, 6) is 0.367. The first-order chi connectivity index (χ1) is 6.77. The second-order valence-corrected chi connectivity index (χ2v) is 4.32. The Hall–Kier alpha value is -1.08. The molecule has 0 unspecified atom stereocenters. The van der Waals surface area contributed by atoms with Gasteiger partial charge in [-0.05, 0) is 46.4 Å². The van der Waals surface area contributed by atoms with Crippen molar-refractivity contribution in [2.45, 2.75) is 12.8 Å². The summed E-state index contributed by atoms with van der Waals surface area (Å²) in [7, 11) is 0. The normalized spacial score (nSPS) is 10.8. The van der Waals surface area contributed by atoms with Crippen LogP contribution < -0.4 is 0 Å². The van der Waals surface area contributed by atoms with E-state index in [4.69, 9.17) is 0 Å². The van der Waals surface area contributed by atoms with Crippen LogP contribution >= 0.6 is 11.3 Å². The van der Waals surface area contributed by atoms with Gasteiger partial charge in [0.2, 0.25) is 0 Å². The van der Waals surface area contributed by atoms with Crippen LogP contribution in [0.15, 0.2) is 41.1 Å². The molecule has 1 atom stereocenters. The lowest BCUT2D eigenvalue weighted by Gasteiger charge is -2.05. The molecule has 0 aliphatic rings.